The molecule has 1 saturated heterocycles. The Morgan fingerprint density at radius 1 is 1.37 bits per heavy atom. The Hall–Kier alpha value is -3.78. The molecule has 1 unspecified atom stereocenters. The highest BCUT2D eigenvalue weighted by Gasteiger charge is 2.28. The number of nitriles is 2. The number of nitrogens with one attached hydrogen (secondary N) is 1. The quantitative estimate of drug-likeness (QED) is 0.753. The van der Waals surface area contributed by atoms with Gasteiger partial charge in [0.25, 0.3) is 0 Å². The molecular formula is C19H18N6O2. The number of nitrogens with two attached hydrogens (primary N) is 1. The standard InChI is InChI=1S/C19H18N6O2/c1-25-12(5-6-16(25)27)10-23-19-15(9-21)17(14(8-20)18(22)24-19)11-3-2-4-13(26)7-11/h2-4,7,12,26H,5-6,10H2,1H3,(H3,22,23,24). The van der Waals surface area contributed by atoms with Gasteiger partial charge >= 0.3 is 0 Å². The van der Waals surface area contributed by atoms with E-state index in [9.17, 15) is 20.4 Å². The van der Waals surface area contributed by atoms with Crippen molar-refractivity contribution < 1.29 is 9.90 Å². The number of pyridine rings is 1. The fourth-order valence-electron chi connectivity index (χ4n) is 3.22. The minimum absolute atomic E-state index is 0.00630. The van der Waals surface area contributed by atoms with Gasteiger partial charge in [-0.15, -0.1) is 0 Å². The fraction of sp³-hybridized carbons (Fsp3) is 0.263. The molecule has 1 aliphatic rings. The first-order chi connectivity index (χ1) is 13.0. The van der Waals surface area contributed by atoms with Crippen LogP contribution < -0.4 is 11.1 Å². The van der Waals surface area contributed by atoms with Gasteiger partial charge in [-0.3, -0.25) is 4.79 Å². The fourth-order valence-corrected chi connectivity index (χ4v) is 3.22. The molecule has 8 heteroatoms. The molecule has 1 aliphatic heterocycles. The lowest BCUT2D eigenvalue weighted by Crippen LogP contribution is -2.34. The summed E-state index contributed by atoms with van der Waals surface area (Å²) in [4.78, 5) is 17.5. The first kappa shape index (κ1) is 18.0. The number of hydrogen-bond acceptors (Lipinski definition) is 7. The Morgan fingerprint density at radius 2 is 2.11 bits per heavy atom. The number of anilines is 2. The molecule has 27 heavy (non-hydrogen) atoms. The molecule has 0 spiro atoms. The molecular weight excluding hydrogens is 344 g/mol. The smallest absolute Gasteiger partial charge is 0.222 e. The summed E-state index contributed by atoms with van der Waals surface area (Å²) >= 11 is 0. The third kappa shape index (κ3) is 3.33. The van der Waals surface area contributed by atoms with Crippen LogP contribution in [0.4, 0.5) is 11.6 Å². The summed E-state index contributed by atoms with van der Waals surface area (Å²) in [6.07, 6.45) is 1.21. The van der Waals surface area contributed by atoms with Gasteiger partial charge in [0.1, 0.15) is 40.7 Å². The number of benzene rings is 1. The van der Waals surface area contributed by atoms with Crippen molar-refractivity contribution in [1.82, 2.24) is 9.88 Å². The third-order valence-electron chi connectivity index (χ3n) is 4.72. The van der Waals surface area contributed by atoms with Gasteiger partial charge in [0.15, 0.2) is 0 Å². The number of carbonyl (C=O) groups excluding carboxylic acids is 1. The Balaban J connectivity index is 2.04. The predicted octanol–water partition coefficient (Wildman–Crippen LogP) is 1.81. The maximum absolute atomic E-state index is 11.7. The molecule has 8 nitrogen and oxygen atoms in total. The van der Waals surface area contributed by atoms with Gasteiger partial charge in [0, 0.05) is 31.6 Å². The number of hydrogen-bond donors (Lipinski definition) is 3. The summed E-state index contributed by atoms with van der Waals surface area (Å²) in [5.74, 6) is 0.333. The lowest BCUT2D eigenvalue weighted by Gasteiger charge is -2.21. The van der Waals surface area contributed by atoms with E-state index >= 15 is 0 Å². The zero-order valence-electron chi connectivity index (χ0n) is 14.7. The molecule has 3 rings (SSSR count). The van der Waals surface area contributed by atoms with Crippen molar-refractivity contribution in [2.45, 2.75) is 18.9 Å². The van der Waals surface area contributed by atoms with Gasteiger partial charge in [0.2, 0.25) is 5.91 Å². The van der Waals surface area contributed by atoms with Crippen LogP contribution in [0.1, 0.15) is 24.0 Å². The van der Waals surface area contributed by atoms with Crippen molar-refractivity contribution >= 4 is 17.5 Å². The number of amides is 1. The van der Waals surface area contributed by atoms with Crippen molar-refractivity contribution in [1.29, 1.82) is 10.5 Å². The van der Waals surface area contributed by atoms with Crippen LogP contribution in [-0.2, 0) is 4.79 Å². The lowest BCUT2D eigenvalue weighted by molar-refractivity contribution is -0.127. The number of likely N-dealkylation sites (N-methyl/N-ethyl adjacent to an activating group) is 1. The monoisotopic (exact) mass is 362 g/mol. The van der Waals surface area contributed by atoms with Crippen LogP contribution in [0, 0.1) is 22.7 Å². The highest BCUT2D eigenvalue weighted by atomic mass is 16.3. The van der Waals surface area contributed by atoms with Crippen LogP contribution in [0.15, 0.2) is 24.3 Å². The zero-order chi connectivity index (χ0) is 19.6. The summed E-state index contributed by atoms with van der Waals surface area (Å²) in [5, 5.41) is 32.1. The Kier molecular flexibility index (Phi) is 4.82. The topological polar surface area (TPSA) is 139 Å². The van der Waals surface area contributed by atoms with Crippen LogP contribution >= 0.6 is 0 Å². The van der Waals surface area contributed by atoms with Crippen molar-refractivity contribution in [2.24, 2.45) is 0 Å². The van der Waals surface area contributed by atoms with Gasteiger partial charge in [-0.05, 0) is 24.1 Å². The van der Waals surface area contributed by atoms with Crippen LogP contribution in [0.2, 0.25) is 0 Å². The second-order valence-corrected chi connectivity index (χ2v) is 6.32. The number of aromatic nitrogens is 1. The normalized spacial score (nSPS) is 16.0. The van der Waals surface area contributed by atoms with E-state index in [1.807, 2.05) is 6.07 Å². The van der Waals surface area contributed by atoms with Crippen LogP contribution in [0.5, 0.6) is 5.75 Å². The summed E-state index contributed by atoms with van der Waals surface area (Å²) in [6, 6.07) is 10.3. The van der Waals surface area contributed by atoms with E-state index in [1.165, 1.54) is 12.1 Å². The number of aromatic hydroxyl groups is 1. The number of rotatable bonds is 4. The second kappa shape index (κ2) is 7.22. The molecule has 1 atom stereocenters. The molecule has 1 aromatic heterocycles. The van der Waals surface area contributed by atoms with E-state index in [4.69, 9.17) is 5.73 Å². The lowest BCUT2D eigenvalue weighted by atomic mass is 9.96. The van der Waals surface area contributed by atoms with Crippen LogP contribution in [0.3, 0.4) is 0 Å². The number of likely N-dealkylation sites (tertiary alicyclic amines) is 1. The van der Waals surface area contributed by atoms with Crippen molar-refractivity contribution in [3.8, 4) is 29.0 Å². The number of nitrogen functional groups attached to an aromatic ring is 1. The van der Waals surface area contributed by atoms with Crippen molar-refractivity contribution in [2.75, 3.05) is 24.6 Å². The molecule has 2 heterocycles. The van der Waals surface area contributed by atoms with E-state index < -0.39 is 0 Å². The molecule has 4 N–H and O–H groups in total. The summed E-state index contributed by atoms with van der Waals surface area (Å²) in [7, 11) is 1.74. The van der Waals surface area contributed by atoms with E-state index in [-0.39, 0.29) is 40.5 Å². The molecule has 1 aromatic carbocycles. The molecule has 0 radical (unpaired) electrons. The molecule has 0 saturated carbocycles. The van der Waals surface area contributed by atoms with Crippen LogP contribution in [-0.4, -0.2) is 40.5 Å². The predicted molar refractivity (Wildman–Crippen MR) is 99.5 cm³/mol. The Morgan fingerprint density at radius 3 is 2.70 bits per heavy atom. The SMILES string of the molecule is CN1C(=O)CCC1CNc1nc(N)c(C#N)c(-c2cccc(O)c2)c1C#N. The largest absolute Gasteiger partial charge is 0.508 e. The van der Waals surface area contributed by atoms with Gasteiger partial charge in [-0.25, -0.2) is 4.98 Å². The van der Waals surface area contributed by atoms with Gasteiger partial charge in [0.05, 0.1) is 0 Å². The van der Waals surface area contributed by atoms with Crippen molar-refractivity contribution in [3.63, 3.8) is 0 Å². The number of phenolic OH excluding ortho intramolecular Hbond substituents is 1. The minimum atomic E-state index is -0.00747. The molecule has 1 amide bonds. The number of phenols is 1. The van der Waals surface area contributed by atoms with Gasteiger partial charge in [-0.2, -0.15) is 10.5 Å². The maximum Gasteiger partial charge on any atom is 0.222 e. The molecule has 0 aliphatic carbocycles. The summed E-state index contributed by atoms with van der Waals surface area (Å²) < 4.78 is 0. The van der Waals surface area contributed by atoms with E-state index in [0.29, 0.717) is 24.1 Å². The van der Waals surface area contributed by atoms with Gasteiger partial charge in [-0.1, -0.05) is 12.1 Å². The highest BCUT2D eigenvalue weighted by molar-refractivity contribution is 5.85. The molecule has 2 aromatic rings. The number of carbonyl (C=O) groups is 1. The molecule has 0 bridgehead atoms. The van der Waals surface area contributed by atoms with Gasteiger partial charge < -0.3 is 21.1 Å². The Bertz CT molecular complexity index is 989. The molecule has 136 valence electrons. The zero-order valence-corrected chi connectivity index (χ0v) is 14.7. The second-order valence-electron chi connectivity index (χ2n) is 6.32. The maximum atomic E-state index is 11.7. The molecule has 1 fully saturated rings. The Labute approximate surface area is 156 Å². The third-order valence-corrected chi connectivity index (χ3v) is 4.72. The van der Waals surface area contributed by atoms with E-state index in [1.54, 1.807) is 24.1 Å². The number of nitrogens with zero attached hydrogens (tertiary/aromatic N) is 4. The summed E-state index contributed by atoms with van der Waals surface area (Å²) in [5.41, 5.74) is 7.01. The summed E-state index contributed by atoms with van der Waals surface area (Å²) in [6.45, 7) is 0.411. The average Bonchev–Trinajstić information content (AvgIpc) is 2.97. The minimum Gasteiger partial charge on any atom is -0.508 e. The highest BCUT2D eigenvalue weighted by Crippen LogP contribution is 2.35. The van der Waals surface area contributed by atoms with E-state index in [0.717, 1.165) is 6.42 Å². The van der Waals surface area contributed by atoms with Crippen molar-refractivity contribution in [3.05, 3.63) is 35.4 Å². The van der Waals surface area contributed by atoms with Crippen LogP contribution in [0.25, 0.3) is 11.1 Å². The first-order valence-electron chi connectivity index (χ1n) is 8.38. The average molecular weight is 362 g/mol. The van der Waals surface area contributed by atoms with E-state index in [2.05, 4.69) is 16.4 Å². The first-order valence-corrected chi connectivity index (χ1v) is 8.38.